The fraction of sp³-hybridized carbons (Fsp3) is 0.0769. The molecule has 0 saturated heterocycles. The second kappa shape index (κ2) is 4.81. The van der Waals surface area contributed by atoms with Gasteiger partial charge in [0.25, 0.3) is 5.89 Å². The fourth-order valence-corrected chi connectivity index (χ4v) is 2.35. The third kappa shape index (κ3) is 2.17. The molecular formula is C13H7F3N6O2. The Kier molecular flexibility index (Phi) is 2.85. The van der Waals surface area contributed by atoms with Gasteiger partial charge in [0.05, 0.1) is 22.9 Å². The number of nitrogens with zero attached hydrogens (tertiary/aromatic N) is 3. The van der Waals surface area contributed by atoms with E-state index in [0.29, 0.717) is 16.6 Å². The van der Waals surface area contributed by atoms with Crippen molar-refractivity contribution in [2.45, 2.75) is 6.18 Å². The summed E-state index contributed by atoms with van der Waals surface area (Å²) >= 11 is 0. The lowest BCUT2D eigenvalue weighted by molar-refractivity contribution is -0.140. The number of benzene rings is 1. The first kappa shape index (κ1) is 14.2. The molecule has 24 heavy (non-hydrogen) atoms. The van der Waals surface area contributed by atoms with Crippen LogP contribution in [0, 0.1) is 0 Å². The number of hydrogen-bond acceptors (Lipinski definition) is 5. The Labute approximate surface area is 129 Å². The number of imidazole rings is 2. The van der Waals surface area contributed by atoms with Gasteiger partial charge < -0.3 is 19.5 Å². The van der Waals surface area contributed by atoms with E-state index in [4.69, 9.17) is 4.52 Å². The lowest BCUT2D eigenvalue weighted by Gasteiger charge is -2.03. The van der Waals surface area contributed by atoms with E-state index in [2.05, 4.69) is 25.1 Å². The van der Waals surface area contributed by atoms with Gasteiger partial charge in [-0.15, -0.1) is 0 Å². The number of rotatable bonds is 2. The summed E-state index contributed by atoms with van der Waals surface area (Å²) in [5, 5.41) is 3.55. The number of nitrogens with one attached hydrogen (secondary N) is 3. The van der Waals surface area contributed by atoms with Crippen molar-refractivity contribution in [2.24, 2.45) is 0 Å². The van der Waals surface area contributed by atoms with Crippen molar-refractivity contribution in [3.05, 3.63) is 40.7 Å². The maximum Gasteiger partial charge on any atom is 0.433 e. The minimum absolute atomic E-state index is 0.0398. The smallest absolute Gasteiger partial charge is 0.340 e. The van der Waals surface area contributed by atoms with Crippen molar-refractivity contribution in [1.29, 1.82) is 0 Å². The van der Waals surface area contributed by atoms with Gasteiger partial charge in [-0.3, -0.25) is 0 Å². The zero-order valence-corrected chi connectivity index (χ0v) is 11.6. The Morgan fingerprint density at radius 3 is 2.79 bits per heavy atom. The molecule has 1 aromatic carbocycles. The molecule has 11 heteroatoms. The van der Waals surface area contributed by atoms with Crippen molar-refractivity contribution >= 4 is 11.0 Å². The molecule has 122 valence electrons. The molecule has 0 radical (unpaired) electrons. The molecule has 0 spiro atoms. The molecular weight excluding hydrogens is 329 g/mol. The lowest BCUT2D eigenvalue weighted by atomic mass is 10.2. The van der Waals surface area contributed by atoms with E-state index in [9.17, 15) is 18.0 Å². The van der Waals surface area contributed by atoms with Gasteiger partial charge in [0, 0.05) is 0 Å². The number of para-hydroxylation sites is 1. The van der Waals surface area contributed by atoms with Crippen molar-refractivity contribution in [2.75, 3.05) is 0 Å². The number of H-pyrrole nitrogens is 3. The van der Waals surface area contributed by atoms with Crippen LogP contribution in [0.4, 0.5) is 13.2 Å². The van der Waals surface area contributed by atoms with Crippen LogP contribution in [0.5, 0.6) is 0 Å². The Hall–Kier alpha value is -3.37. The molecule has 0 bridgehead atoms. The van der Waals surface area contributed by atoms with Gasteiger partial charge in [0.1, 0.15) is 5.69 Å². The summed E-state index contributed by atoms with van der Waals surface area (Å²) in [6.07, 6.45) is -3.73. The zero-order chi connectivity index (χ0) is 16.9. The van der Waals surface area contributed by atoms with Crippen LogP contribution in [0.1, 0.15) is 5.69 Å². The first-order valence-corrected chi connectivity index (χ1v) is 6.59. The highest BCUT2D eigenvalue weighted by Crippen LogP contribution is 2.34. The first-order valence-electron chi connectivity index (χ1n) is 6.59. The topological polar surface area (TPSA) is 116 Å². The van der Waals surface area contributed by atoms with Gasteiger partial charge >= 0.3 is 11.9 Å². The van der Waals surface area contributed by atoms with Crippen molar-refractivity contribution in [3.8, 4) is 23.0 Å². The number of aromatic amines is 3. The molecule has 0 fully saturated rings. The van der Waals surface area contributed by atoms with E-state index >= 15 is 0 Å². The van der Waals surface area contributed by atoms with E-state index in [1.165, 1.54) is 0 Å². The molecule has 3 N–H and O–H groups in total. The second-order valence-corrected chi connectivity index (χ2v) is 4.85. The normalized spacial score (nSPS) is 12.1. The summed E-state index contributed by atoms with van der Waals surface area (Å²) in [5.41, 5.74) is -0.656. The summed E-state index contributed by atoms with van der Waals surface area (Å²) in [6.45, 7) is 0. The van der Waals surface area contributed by atoms with Crippen LogP contribution >= 0.6 is 0 Å². The average molecular weight is 336 g/mol. The molecule has 0 unspecified atom stereocenters. The number of aromatic nitrogens is 6. The van der Waals surface area contributed by atoms with Crippen LogP contribution in [0.25, 0.3) is 34.0 Å². The zero-order valence-electron chi connectivity index (χ0n) is 11.6. The second-order valence-electron chi connectivity index (χ2n) is 4.85. The maximum atomic E-state index is 12.9. The standard InChI is InChI=1S/C13H7F3N6O2/c14-13(15,16)9-8(17-4-18-9)10-21-11(24-22-10)5-2-1-3-6-7(5)20-12(23)19-6/h1-4H,(H,17,18)(H2,19,20,23). The summed E-state index contributed by atoms with van der Waals surface area (Å²) in [6, 6.07) is 4.89. The van der Waals surface area contributed by atoms with Gasteiger partial charge in [0.2, 0.25) is 5.82 Å². The highest BCUT2D eigenvalue weighted by Gasteiger charge is 2.37. The van der Waals surface area contributed by atoms with Gasteiger partial charge in [0.15, 0.2) is 5.69 Å². The molecule has 0 aliphatic carbocycles. The Bertz CT molecular complexity index is 1090. The van der Waals surface area contributed by atoms with Gasteiger partial charge in [-0.2, -0.15) is 18.2 Å². The van der Waals surface area contributed by atoms with Crippen molar-refractivity contribution in [3.63, 3.8) is 0 Å². The van der Waals surface area contributed by atoms with Crippen LogP contribution in [0.2, 0.25) is 0 Å². The van der Waals surface area contributed by atoms with E-state index in [1.807, 2.05) is 4.98 Å². The molecule has 0 amide bonds. The molecule has 4 rings (SSSR count). The molecule has 0 atom stereocenters. The van der Waals surface area contributed by atoms with E-state index in [1.54, 1.807) is 18.2 Å². The Balaban J connectivity index is 1.84. The molecule has 0 saturated carbocycles. The Morgan fingerprint density at radius 2 is 2.00 bits per heavy atom. The minimum atomic E-state index is -4.63. The third-order valence-corrected chi connectivity index (χ3v) is 3.34. The van der Waals surface area contributed by atoms with Gasteiger partial charge in [-0.25, -0.2) is 9.78 Å². The molecule has 0 aliphatic rings. The molecule has 3 aromatic heterocycles. The van der Waals surface area contributed by atoms with Crippen LogP contribution in [-0.4, -0.2) is 30.1 Å². The number of halogens is 3. The minimum Gasteiger partial charge on any atom is -0.340 e. The average Bonchev–Trinajstić information content (AvgIpc) is 3.23. The number of fused-ring (bicyclic) bond motifs is 1. The molecule has 3 heterocycles. The lowest BCUT2D eigenvalue weighted by Crippen LogP contribution is -2.07. The van der Waals surface area contributed by atoms with E-state index in [-0.39, 0.29) is 11.7 Å². The molecule has 4 aromatic rings. The van der Waals surface area contributed by atoms with E-state index in [0.717, 1.165) is 6.33 Å². The molecule has 8 nitrogen and oxygen atoms in total. The highest BCUT2D eigenvalue weighted by atomic mass is 19.4. The van der Waals surface area contributed by atoms with Crippen LogP contribution < -0.4 is 5.69 Å². The summed E-state index contributed by atoms with van der Waals surface area (Å²) in [7, 11) is 0. The van der Waals surface area contributed by atoms with Crippen LogP contribution in [0.3, 0.4) is 0 Å². The van der Waals surface area contributed by atoms with Crippen molar-refractivity contribution < 1.29 is 17.7 Å². The van der Waals surface area contributed by atoms with Gasteiger partial charge in [-0.1, -0.05) is 11.2 Å². The van der Waals surface area contributed by atoms with Gasteiger partial charge in [-0.05, 0) is 12.1 Å². The van der Waals surface area contributed by atoms with Crippen LogP contribution in [-0.2, 0) is 6.18 Å². The quantitative estimate of drug-likeness (QED) is 0.519. The Morgan fingerprint density at radius 1 is 1.17 bits per heavy atom. The predicted octanol–water partition coefficient (Wildman–Crippen LogP) is 2.32. The highest BCUT2D eigenvalue weighted by molar-refractivity contribution is 5.89. The predicted molar refractivity (Wildman–Crippen MR) is 74.8 cm³/mol. The monoisotopic (exact) mass is 336 g/mol. The first-order chi connectivity index (χ1) is 11.4. The number of alkyl halides is 3. The summed E-state index contributed by atoms with van der Waals surface area (Å²) in [4.78, 5) is 26.1. The fourth-order valence-electron chi connectivity index (χ4n) is 2.35. The largest absolute Gasteiger partial charge is 0.433 e. The number of hydrogen-bond donors (Lipinski definition) is 3. The molecule has 0 aliphatic heterocycles. The van der Waals surface area contributed by atoms with E-state index < -0.39 is 23.3 Å². The third-order valence-electron chi connectivity index (χ3n) is 3.34. The maximum absolute atomic E-state index is 12.9. The SMILES string of the molecule is O=c1[nH]c2cccc(-c3nc(-c4nc[nH]c4C(F)(F)F)no3)c2[nH]1. The van der Waals surface area contributed by atoms with Crippen molar-refractivity contribution in [1.82, 2.24) is 30.1 Å². The van der Waals surface area contributed by atoms with Crippen LogP contribution in [0.15, 0.2) is 33.8 Å². The summed E-state index contributed by atoms with van der Waals surface area (Å²) in [5.74, 6) is -0.351. The summed E-state index contributed by atoms with van der Waals surface area (Å²) < 4.78 is 43.8.